The van der Waals surface area contributed by atoms with Crippen LogP contribution in [0.4, 0.5) is 4.79 Å². The molecule has 0 heterocycles. The highest BCUT2D eigenvalue weighted by molar-refractivity contribution is 5.68. The van der Waals surface area contributed by atoms with Crippen LogP contribution in [0.2, 0.25) is 0 Å². The molecule has 20 heavy (non-hydrogen) atoms. The number of ether oxygens (including phenoxy) is 1. The van der Waals surface area contributed by atoms with E-state index in [2.05, 4.69) is 10.6 Å². The van der Waals surface area contributed by atoms with Gasteiger partial charge in [-0.1, -0.05) is 13.8 Å². The molecule has 0 unspecified atom stereocenters. The minimum absolute atomic E-state index is 0.0872. The van der Waals surface area contributed by atoms with E-state index in [9.17, 15) is 9.90 Å². The lowest BCUT2D eigenvalue weighted by atomic mass is 10.1. The molecule has 0 aromatic carbocycles. The maximum atomic E-state index is 11.8. The van der Waals surface area contributed by atoms with Crippen LogP contribution in [0, 0.1) is 5.92 Å². The number of rotatable bonds is 5. The van der Waals surface area contributed by atoms with Crippen LogP contribution in [0.25, 0.3) is 0 Å². The third-order valence-electron chi connectivity index (χ3n) is 3.58. The van der Waals surface area contributed by atoms with E-state index in [0.29, 0.717) is 6.54 Å². The second-order valence-electron chi connectivity index (χ2n) is 7.01. The zero-order valence-corrected chi connectivity index (χ0v) is 13.4. The molecule has 5 heteroatoms. The van der Waals surface area contributed by atoms with Crippen molar-refractivity contribution in [2.75, 3.05) is 6.54 Å². The molecule has 0 saturated heterocycles. The van der Waals surface area contributed by atoms with Crippen LogP contribution in [0.1, 0.15) is 53.9 Å². The van der Waals surface area contributed by atoms with Crippen LogP contribution in [-0.2, 0) is 4.74 Å². The Morgan fingerprint density at radius 3 is 2.45 bits per heavy atom. The third kappa shape index (κ3) is 6.09. The summed E-state index contributed by atoms with van der Waals surface area (Å²) in [6.45, 7) is 10.1. The van der Waals surface area contributed by atoms with Gasteiger partial charge in [0.15, 0.2) is 0 Å². The van der Waals surface area contributed by atoms with Crippen molar-refractivity contribution < 1.29 is 14.6 Å². The molecule has 5 nitrogen and oxygen atoms in total. The van der Waals surface area contributed by atoms with Crippen LogP contribution in [0.15, 0.2) is 0 Å². The maximum Gasteiger partial charge on any atom is 0.407 e. The van der Waals surface area contributed by atoms with E-state index < -0.39 is 5.60 Å². The van der Waals surface area contributed by atoms with Gasteiger partial charge in [0.05, 0.1) is 6.10 Å². The molecule has 1 saturated carbocycles. The summed E-state index contributed by atoms with van der Waals surface area (Å²) in [6.07, 6.45) is 2.34. The average Bonchev–Trinajstić information content (AvgIpc) is 2.70. The Hall–Kier alpha value is -0.810. The first-order valence-corrected chi connectivity index (χ1v) is 7.60. The summed E-state index contributed by atoms with van der Waals surface area (Å²) >= 11 is 0. The SMILES string of the molecule is CC(C)[C@H](O)CN[C@H]1CCC[C@@H]1NC(=O)OC(C)(C)C. The standard InChI is InChI=1S/C15H30N2O3/c1-10(2)13(18)9-16-11-7-6-8-12(11)17-14(19)20-15(3,4)5/h10-13,16,18H,6-9H2,1-5H3,(H,17,19)/t11-,12-,13+/m0/s1. The maximum absolute atomic E-state index is 11.8. The molecular formula is C15H30N2O3. The molecule has 1 aliphatic rings. The summed E-state index contributed by atoms with van der Waals surface area (Å²) in [5, 5.41) is 16.1. The number of amides is 1. The van der Waals surface area contributed by atoms with Crippen molar-refractivity contribution in [1.29, 1.82) is 0 Å². The summed E-state index contributed by atoms with van der Waals surface area (Å²) in [6, 6.07) is 0.306. The molecule has 3 atom stereocenters. The van der Waals surface area contributed by atoms with Gasteiger partial charge in [0.2, 0.25) is 0 Å². The molecule has 0 bridgehead atoms. The molecule has 3 N–H and O–H groups in total. The van der Waals surface area contributed by atoms with Gasteiger partial charge in [-0.15, -0.1) is 0 Å². The van der Waals surface area contributed by atoms with Gasteiger partial charge in [0.1, 0.15) is 5.60 Å². The lowest BCUT2D eigenvalue weighted by Crippen LogP contribution is -2.49. The zero-order chi connectivity index (χ0) is 15.3. The van der Waals surface area contributed by atoms with Crippen molar-refractivity contribution in [2.24, 2.45) is 5.92 Å². The lowest BCUT2D eigenvalue weighted by molar-refractivity contribution is 0.0495. The highest BCUT2D eigenvalue weighted by Crippen LogP contribution is 2.20. The monoisotopic (exact) mass is 286 g/mol. The molecule has 0 aliphatic heterocycles. The summed E-state index contributed by atoms with van der Waals surface area (Å²) in [5.74, 6) is 0.237. The average molecular weight is 286 g/mol. The number of alkyl carbamates (subject to hydrolysis) is 1. The summed E-state index contributed by atoms with van der Waals surface area (Å²) < 4.78 is 5.28. The first-order valence-electron chi connectivity index (χ1n) is 7.60. The predicted molar refractivity (Wildman–Crippen MR) is 79.6 cm³/mol. The van der Waals surface area contributed by atoms with Crippen molar-refractivity contribution in [2.45, 2.75) is 77.7 Å². The molecule has 118 valence electrons. The summed E-state index contributed by atoms with van der Waals surface area (Å²) in [5.41, 5.74) is -0.473. The van der Waals surface area contributed by atoms with Crippen LogP contribution in [-0.4, -0.2) is 41.5 Å². The van der Waals surface area contributed by atoms with Crippen molar-refractivity contribution in [3.05, 3.63) is 0 Å². The fraction of sp³-hybridized carbons (Fsp3) is 0.933. The van der Waals surface area contributed by atoms with Gasteiger partial charge in [-0.3, -0.25) is 0 Å². The van der Waals surface area contributed by atoms with E-state index in [1.165, 1.54) is 0 Å². The van der Waals surface area contributed by atoms with Crippen LogP contribution < -0.4 is 10.6 Å². The van der Waals surface area contributed by atoms with E-state index in [4.69, 9.17) is 4.74 Å². The predicted octanol–water partition coefficient (Wildman–Crippen LogP) is 2.04. The van der Waals surface area contributed by atoms with Gasteiger partial charge in [0.25, 0.3) is 0 Å². The number of nitrogens with one attached hydrogen (secondary N) is 2. The quantitative estimate of drug-likeness (QED) is 0.723. The van der Waals surface area contributed by atoms with Gasteiger partial charge in [-0.2, -0.15) is 0 Å². The fourth-order valence-corrected chi connectivity index (χ4v) is 2.34. The van der Waals surface area contributed by atoms with E-state index >= 15 is 0 Å². The molecule has 1 rings (SSSR count). The first-order chi connectivity index (χ1) is 9.19. The lowest BCUT2D eigenvalue weighted by Gasteiger charge is -2.26. The molecular weight excluding hydrogens is 256 g/mol. The smallest absolute Gasteiger partial charge is 0.407 e. The number of aliphatic hydroxyl groups is 1. The minimum atomic E-state index is -0.473. The van der Waals surface area contributed by atoms with Crippen LogP contribution >= 0.6 is 0 Å². The zero-order valence-electron chi connectivity index (χ0n) is 13.4. The Kier molecular flexibility index (Phi) is 6.27. The number of carbonyl (C=O) groups is 1. The second kappa shape index (κ2) is 7.27. The molecule has 1 fully saturated rings. The molecule has 0 spiro atoms. The van der Waals surface area contributed by atoms with Gasteiger partial charge < -0.3 is 20.5 Å². The number of hydrogen-bond donors (Lipinski definition) is 3. The van der Waals surface area contributed by atoms with Gasteiger partial charge in [-0.25, -0.2) is 4.79 Å². The van der Waals surface area contributed by atoms with E-state index in [0.717, 1.165) is 19.3 Å². The van der Waals surface area contributed by atoms with Crippen molar-refractivity contribution >= 4 is 6.09 Å². The molecule has 0 aromatic rings. The van der Waals surface area contributed by atoms with E-state index in [1.807, 2.05) is 34.6 Å². The Morgan fingerprint density at radius 2 is 1.90 bits per heavy atom. The highest BCUT2D eigenvalue weighted by Gasteiger charge is 2.30. The van der Waals surface area contributed by atoms with Gasteiger partial charge in [0, 0.05) is 18.6 Å². The number of hydrogen-bond acceptors (Lipinski definition) is 4. The third-order valence-corrected chi connectivity index (χ3v) is 3.58. The highest BCUT2D eigenvalue weighted by atomic mass is 16.6. The van der Waals surface area contributed by atoms with Crippen LogP contribution in [0.5, 0.6) is 0 Å². The van der Waals surface area contributed by atoms with Gasteiger partial charge >= 0.3 is 6.09 Å². The normalized spacial score (nSPS) is 24.8. The van der Waals surface area contributed by atoms with Crippen LogP contribution in [0.3, 0.4) is 0 Å². The molecule has 1 aliphatic carbocycles. The van der Waals surface area contributed by atoms with Gasteiger partial charge in [-0.05, 0) is 46.0 Å². The number of carbonyl (C=O) groups excluding carboxylic acids is 1. The van der Waals surface area contributed by atoms with E-state index in [-0.39, 0.29) is 30.2 Å². The molecule has 0 radical (unpaired) electrons. The Bertz CT molecular complexity index is 313. The van der Waals surface area contributed by atoms with Crippen molar-refractivity contribution in [3.63, 3.8) is 0 Å². The Labute approximate surface area is 122 Å². The number of aliphatic hydroxyl groups excluding tert-OH is 1. The van der Waals surface area contributed by atoms with Crippen molar-refractivity contribution in [1.82, 2.24) is 10.6 Å². The summed E-state index contributed by atoms with van der Waals surface area (Å²) in [4.78, 5) is 11.8. The fourth-order valence-electron chi connectivity index (χ4n) is 2.34. The molecule has 1 amide bonds. The minimum Gasteiger partial charge on any atom is -0.444 e. The topological polar surface area (TPSA) is 70.6 Å². The van der Waals surface area contributed by atoms with Crippen molar-refractivity contribution in [3.8, 4) is 0 Å². The Balaban J connectivity index is 2.39. The molecule has 0 aromatic heterocycles. The summed E-state index contributed by atoms with van der Waals surface area (Å²) in [7, 11) is 0. The van der Waals surface area contributed by atoms with E-state index in [1.54, 1.807) is 0 Å². The second-order valence-corrected chi connectivity index (χ2v) is 7.01. The largest absolute Gasteiger partial charge is 0.444 e. The Morgan fingerprint density at radius 1 is 1.30 bits per heavy atom. The first kappa shape index (κ1) is 17.2.